The quantitative estimate of drug-likeness (QED) is 0.481. The van der Waals surface area contributed by atoms with E-state index in [-0.39, 0.29) is 36.2 Å². The van der Waals surface area contributed by atoms with E-state index in [2.05, 4.69) is 27.1 Å². The molecule has 0 saturated carbocycles. The molecule has 0 aliphatic carbocycles. The Morgan fingerprint density at radius 2 is 2.00 bits per heavy atom. The van der Waals surface area contributed by atoms with Crippen LogP contribution in [0.3, 0.4) is 0 Å². The van der Waals surface area contributed by atoms with E-state index in [1.165, 1.54) is 11.8 Å². The van der Waals surface area contributed by atoms with Crippen LogP contribution in [0.25, 0.3) is 0 Å². The number of ether oxygens (including phenoxy) is 1. The van der Waals surface area contributed by atoms with E-state index < -0.39 is 0 Å². The largest absolute Gasteiger partial charge is 0.481 e. The van der Waals surface area contributed by atoms with Gasteiger partial charge in [0.25, 0.3) is 5.56 Å². The van der Waals surface area contributed by atoms with Crippen molar-refractivity contribution in [2.45, 2.75) is 17.5 Å². The molecule has 7 heteroatoms. The van der Waals surface area contributed by atoms with E-state index in [1.54, 1.807) is 12.1 Å². The molecule has 0 fully saturated rings. The van der Waals surface area contributed by atoms with Gasteiger partial charge in [-0.25, -0.2) is 4.98 Å². The summed E-state index contributed by atoms with van der Waals surface area (Å²) in [4.78, 5) is 31.7. The lowest BCUT2D eigenvalue weighted by atomic mass is 9.87. The maximum absolute atomic E-state index is 12.6. The van der Waals surface area contributed by atoms with E-state index in [1.807, 2.05) is 12.1 Å². The minimum absolute atomic E-state index is 0.166. The van der Waals surface area contributed by atoms with Crippen LogP contribution in [0.15, 0.2) is 34.2 Å². The number of anilines is 1. The highest BCUT2D eigenvalue weighted by Gasteiger charge is 2.30. The van der Waals surface area contributed by atoms with Gasteiger partial charge >= 0.3 is 0 Å². The van der Waals surface area contributed by atoms with E-state index in [9.17, 15) is 9.59 Å². The lowest BCUT2D eigenvalue weighted by molar-refractivity contribution is -0.116. The molecule has 130 valence electrons. The first kappa shape index (κ1) is 17.7. The van der Waals surface area contributed by atoms with Crippen LogP contribution in [0.2, 0.25) is 0 Å². The number of aromatic nitrogens is 2. The van der Waals surface area contributed by atoms with Gasteiger partial charge in [-0.3, -0.25) is 9.59 Å². The molecule has 1 atom stereocenters. The Balaban J connectivity index is 1.96. The summed E-state index contributed by atoms with van der Waals surface area (Å²) in [5, 5.41) is 3.05. The highest BCUT2D eigenvalue weighted by atomic mass is 32.2. The van der Waals surface area contributed by atoms with E-state index in [0.29, 0.717) is 22.2 Å². The number of hydrogen-bond donors (Lipinski definition) is 2. The third-order valence-corrected chi connectivity index (χ3v) is 4.60. The fraction of sp³-hybridized carbons (Fsp3) is 0.211. The van der Waals surface area contributed by atoms with Crippen molar-refractivity contribution in [1.29, 1.82) is 0 Å². The number of carbonyl (C=O) groups is 1. The zero-order valence-corrected chi connectivity index (χ0v) is 14.6. The molecule has 1 amide bonds. The Morgan fingerprint density at radius 3 is 2.69 bits per heavy atom. The number of thioether (sulfide) groups is 1. The van der Waals surface area contributed by atoms with Crippen LogP contribution < -0.4 is 15.6 Å². The molecule has 3 rings (SSSR count). The van der Waals surface area contributed by atoms with Crippen LogP contribution in [0.1, 0.15) is 23.5 Å². The van der Waals surface area contributed by atoms with Crippen LogP contribution in [0.4, 0.5) is 5.82 Å². The van der Waals surface area contributed by atoms with Crippen LogP contribution >= 0.6 is 11.8 Å². The number of benzene rings is 1. The number of terminal acetylenes is 2. The minimum Gasteiger partial charge on any atom is -0.481 e. The van der Waals surface area contributed by atoms with Crippen LogP contribution in [-0.2, 0) is 4.79 Å². The third kappa shape index (κ3) is 3.74. The van der Waals surface area contributed by atoms with Crippen molar-refractivity contribution in [3.63, 3.8) is 0 Å². The predicted octanol–water partition coefficient (Wildman–Crippen LogP) is 1.98. The first-order chi connectivity index (χ1) is 12.6. The van der Waals surface area contributed by atoms with Gasteiger partial charge in [-0.15, -0.1) is 12.8 Å². The van der Waals surface area contributed by atoms with E-state index in [0.717, 1.165) is 5.56 Å². The number of nitrogens with zero attached hydrogens (tertiary/aromatic N) is 1. The molecular weight excluding hydrogens is 350 g/mol. The lowest BCUT2D eigenvalue weighted by Crippen LogP contribution is -2.31. The number of fused-ring (bicyclic) bond motifs is 1. The summed E-state index contributed by atoms with van der Waals surface area (Å²) < 4.78 is 5.35. The van der Waals surface area contributed by atoms with Crippen molar-refractivity contribution in [1.82, 2.24) is 9.97 Å². The van der Waals surface area contributed by atoms with Gasteiger partial charge in [-0.05, 0) is 17.7 Å². The number of carbonyl (C=O) groups excluding carboxylic acids is 1. The van der Waals surface area contributed by atoms with Gasteiger partial charge in [0.1, 0.15) is 18.2 Å². The average Bonchev–Trinajstić information content (AvgIpc) is 2.64. The molecule has 1 aromatic heterocycles. The predicted molar refractivity (Wildman–Crippen MR) is 100 cm³/mol. The van der Waals surface area contributed by atoms with Gasteiger partial charge in [0.2, 0.25) is 5.91 Å². The minimum atomic E-state index is -0.386. The van der Waals surface area contributed by atoms with Crippen LogP contribution in [-0.4, -0.2) is 28.2 Å². The molecule has 26 heavy (non-hydrogen) atoms. The first-order valence-electron chi connectivity index (χ1n) is 7.79. The Kier molecular flexibility index (Phi) is 5.31. The van der Waals surface area contributed by atoms with Crippen molar-refractivity contribution >= 4 is 23.5 Å². The second-order valence-corrected chi connectivity index (χ2v) is 6.46. The Labute approximate surface area is 154 Å². The average molecular weight is 365 g/mol. The second-order valence-electron chi connectivity index (χ2n) is 5.49. The fourth-order valence-corrected chi connectivity index (χ4v) is 3.28. The van der Waals surface area contributed by atoms with Crippen LogP contribution in [0.5, 0.6) is 5.75 Å². The number of rotatable bonds is 5. The number of H-pyrrole nitrogens is 1. The summed E-state index contributed by atoms with van der Waals surface area (Å²) >= 11 is 1.23. The summed E-state index contributed by atoms with van der Waals surface area (Å²) in [5.74, 6) is 5.56. The number of hydrogen-bond acceptors (Lipinski definition) is 5. The summed E-state index contributed by atoms with van der Waals surface area (Å²) in [5.41, 5.74) is 0.976. The van der Waals surface area contributed by atoms with Crippen molar-refractivity contribution in [3.8, 4) is 30.4 Å². The number of amides is 1. The summed E-state index contributed by atoms with van der Waals surface area (Å²) in [7, 11) is 0. The standard InChI is InChI=1S/C19H15N3O3S/c1-3-9-25-13-7-5-12(6-8-13)14-11-15(23)20-17-16(14)18(24)22-19(21-17)26-10-4-2/h1-2,5-8,14H,9-11H2,(H2,20,21,22,23,24)/t14-/m1/s1. The van der Waals surface area contributed by atoms with Crippen molar-refractivity contribution in [2.75, 3.05) is 17.7 Å². The topological polar surface area (TPSA) is 84.1 Å². The molecular formula is C19H15N3O3S. The molecule has 2 heterocycles. The van der Waals surface area contributed by atoms with Crippen molar-refractivity contribution < 1.29 is 9.53 Å². The molecule has 2 aromatic rings. The molecule has 1 aliphatic rings. The monoisotopic (exact) mass is 365 g/mol. The molecule has 0 bridgehead atoms. The smallest absolute Gasteiger partial charge is 0.257 e. The van der Waals surface area contributed by atoms with Crippen molar-refractivity contribution in [2.24, 2.45) is 0 Å². The normalized spacial score (nSPS) is 15.3. The number of nitrogens with one attached hydrogen (secondary N) is 2. The van der Waals surface area contributed by atoms with Crippen molar-refractivity contribution in [3.05, 3.63) is 45.7 Å². The van der Waals surface area contributed by atoms with E-state index in [4.69, 9.17) is 17.6 Å². The molecule has 1 aliphatic heterocycles. The molecule has 0 unspecified atom stereocenters. The Morgan fingerprint density at radius 1 is 1.23 bits per heavy atom. The summed E-state index contributed by atoms with van der Waals surface area (Å²) in [6.45, 7) is 0.176. The van der Waals surface area contributed by atoms with Gasteiger partial charge in [0, 0.05) is 12.3 Å². The van der Waals surface area contributed by atoms with Gasteiger partial charge in [0.05, 0.1) is 11.3 Å². The second kappa shape index (κ2) is 7.81. The van der Waals surface area contributed by atoms with Gasteiger partial charge in [-0.2, -0.15) is 0 Å². The maximum Gasteiger partial charge on any atom is 0.257 e. The molecule has 0 saturated heterocycles. The zero-order valence-electron chi connectivity index (χ0n) is 13.7. The molecule has 2 N–H and O–H groups in total. The molecule has 0 radical (unpaired) electrons. The Bertz CT molecular complexity index is 967. The highest BCUT2D eigenvalue weighted by molar-refractivity contribution is 7.99. The van der Waals surface area contributed by atoms with Gasteiger partial charge in [-0.1, -0.05) is 35.7 Å². The molecule has 0 spiro atoms. The maximum atomic E-state index is 12.6. The summed E-state index contributed by atoms with van der Waals surface area (Å²) in [6, 6.07) is 7.16. The van der Waals surface area contributed by atoms with Crippen LogP contribution in [0, 0.1) is 24.7 Å². The Hall–Kier alpha value is -3.16. The van der Waals surface area contributed by atoms with Gasteiger partial charge in [0.15, 0.2) is 5.16 Å². The van der Waals surface area contributed by atoms with Gasteiger partial charge < -0.3 is 15.0 Å². The number of aromatic amines is 1. The SMILES string of the molecule is C#CCOc1ccc([C@H]2CC(=O)Nc3nc(SCC#C)[nH]c(=O)c32)cc1. The summed E-state index contributed by atoms with van der Waals surface area (Å²) in [6.07, 6.45) is 10.6. The molecule has 6 nitrogen and oxygen atoms in total. The molecule has 1 aromatic carbocycles. The first-order valence-corrected chi connectivity index (χ1v) is 8.77. The zero-order chi connectivity index (χ0) is 18.5. The van der Waals surface area contributed by atoms with E-state index >= 15 is 0 Å². The third-order valence-electron chi connectivity index (χ3n) is 3.83. The highest BCUT2D eigenvalue weighted by Crippen LogP contribution is 2.35. The lowest BCUT2D eigenvalue weighted by Gasteiger charge is -2.24. The fourth-order valence-electron chi connectivity index (χ4n) is 2.74.